The van der Waals surface area contributed by atoms with Crippen LogP contribution in [0.15, 0.2) is 22.8 Å². The van der Waals surface area contributed by atoms with Crippen LogP contribution in [0, 0.1) is 5.92 Å². The number of aryl methyl sites for hydroxylation is 2. The topological polar surface area (TPSA) is 58.3 Å². The molecule has 6 nitrogen and oxygen atoms in total. The third-order valence-electron chi connectivity index (χ3n) is 4.41. The van der Waals surface area contributed by atoms with E-state index in [1.807, 2.05) is 25.0 Å². The molecule has 2 aromatic heterocycles. The Labute approximate surface area is 147 Å². The van der Waals surface area contributed by atoms with Crippen molar-refractivity contribution in [2.24, 2.45) is 18.0 Å². The molecule has 7 heteroatoms. The highest BCUT2D eigenvalue weighted by Crippen LogP contribution is 2.20. The normalized spacial score (nSPS) is 18.4. The third-order valence-corrected chi connectivity index (χ3v) is 5.45. The molecular weight excluding hydrogens is 320 g/mol. The quantitative estimate of drug-likeness (QED) is 0.665. The van der Waals surface area contributed by atoms with Crippen LogP contribution in [0.25, 0.3) is 0 Å². The largest absolute Gasteiger partial charge is 0.351 e. The Hall–Kier alpha value is -1.89. The molecule has 0 saturated carbocycles. The second-order valence-corrected chi connectivity index (χ2v) is 7.26. The Kier molecular flexibility index (Phi) is 5.50. The number of nitrogens with one attached hydrogen (secondary N) is 1. The van der Waals surface area contributed by atoms with Gasteiger partial charge in [0.05, 0.1) is 23.4 Å². The maximum Gasteiger partial charge on any atom is 0.193 e. The first kappa shape index (κ1) is 17.0. The van der Waals surface area contributed by atoms with Crippen LogP contribution >= 0.6 is 11.3 Å². The first-order chi connectivity index (χ1) is 11.7. The van der Waals surface area contributed by atoms with E-state index in [-0.39, 0.29) is 0 Å². The van der Waals surface area contributed by atoms with Gasteiger partial charge in [0.2, 0.25) is 0 Å². The number of aliphatic imine (C=N–C) groups is 1. The SMILES string of the molecule is CCc1nc(CNC(=NC)N2CCC(Cc3cnn(C)c3)C2)cs1. The number of hydrogen-bond acceptors (Lipinski definition) is 4. The van der Waals surface area contributed by atoms with Gasteiger partial charge in [0.1, 0.15) is 0 Å². The molecule has 1 fully saturated rings. The van der Waals surface area contributed by atoms with E-state index >= 15 is 0 Å². The first-order valence-corrected chi connectivity index (χ1v) is 9.42. The zero-order valence-electron chi connectivity index (χ0n) is 14.7. The molecule has 24 heavy (non-hydrogen) atoms. The molecule has 1 aliphatic rings. The van der Waals surface area contributed by atoms with E-state index in [4.69, 9.17) is 0 Å². The monoisotopic (exact) mass is 346 g/mol. The summed E-state index contributed by atoms with van der Waals surface area (Å²) in [4.78, 5) is 11.4. The second-order valence-electron chi connectivity index (χ2n) is 6.31. The van der Waals surface area contributed by atoms with Crippen molar-refractivity contribution in [1.29, 1.82) is 0 Å². The van der Waals surface area contributed by atoms with Gasteiger partial charge in [-0.15, -0.1) is 11.3 Å². The van der Waals surface area contributed by atoms with Crippen LogP contribution < -0.4 is 5.32 Å². The smallest absolute Gasteiger partial charge is 0.193 e. The highest BCUT2D eigenvalue weighted by Gasteiger charge is 2.25. The van der Waals surface area contributed by atoms with Crippen molar-refractivity contribution in [2.45, 2.75) is 32.7 Å². The Morgan fingerprint density at radius 1 is 1.50 bits per heavy atom. The van der Waals surface area contributed by atoms with Gasteiger partial charge in [-0.25, -0.2) is 4.98 Å². The van der Waals surface area contributed by atoms with Gasteiger partial charge >= 0.3 is 0 Å². The minimum atomic E-state index is 0.665. The van der Waals surface area contributed by atoms with Gasteiger partial charge < -0.3 is 10.2 Å². The summed E-state index contributed by atoms with van der Waals surface area (Å²) < 4.78 is 1.88. The number of aromatic nitrogens is 3. The summed E-state index contributed by atoms with van der Waals surface area (Å²) in [5.41, 5.74) is 2.42. The molecule has 3 rings (SSSR count). The number of rotatable bonds is 5. The van der Waals surface area contributed by atoms with Crippen LogP contribution in [0.3, 0.4) is 0 Å². The molecule has 130 valence electrons. The second kappa shape index (κ2) is 7.79. The molecular formula is C17H26N6S. The Morgan fingerprint density at radius 3 is 3.04 bits per heavy atom. The van der Waals surface area contributed by atoms with Gasteiger partial charge in [0.25, 0.3) is 0 Å². The van der Waals surface area contributed by atoms with Crippen molar-refractivity contribution in [1.82, 2.24) is 25.0 Å². The number of likely N-dealkylation sites (tertiary alicyclic amines) is 1. The van der Waals surface area contributed by atoms with Crippen LogP contribution in [0.1, 0.15) is 29.6 Å². The van der Waals surface area contributed by atoms with Crippen molar-refractivity contribution < 1.29 is 0 Å². The summed E-state index contributed by atoms with van der Waals surface area (Å²) in [6.45, 7) is 4.99. The molecule has 1 unspecified atom stereocenters. The fourth-order valence-electron chi connectivity index (χ4n) is 3.20. The van der Waals surface area contributed by atoms with Gasteiger partial charge in [-0.05, 0) is 30.7 Å². The average molecular weight is 347 g/mol. The van der Waals surface area contributed by atoms with Crippen molar-refractivity contribution in [3.05, 3.63) is 34.0 Å². The number of nitrogens with zero attached hydrogens (tertiary/aromatic N) is 5. The summed E-state index contributed by atoms with van der Waals surface area (Å²) in [5, 5.41) is 11.0. The Bertz CT molecular complexity index is 689. The van der Waals surface area contributed by atoms with E-state index in [1.54, 1.807) is 11.3 Å². The van der Waals surface area contributed by atoms with Crippen LogP contribution in [0.4, 0.5) is 0 Å². The summed E-state index contributed by atoms with van der Waals surface area (Å²) in [6, 6.07) is 0. The summed E-state index contributed by atoms with van der Waals surface area (Å²) in [5.74, 6) is 1.65. The fraction of sp³-hybridized carbons (Fsp3) is 0.588. The van der Waals surface area contributed by atoms with E-state index in [0.717, 1.165) is 44.1 Å². The minimum Gasteiger partial charge on any atom is -0.351 e. The molecule has 1 aliphatic heterocycles. The number of guanidine groups is 1. The number of thiazole rings is 1. The lowest BCUT2D eigenvalue weighted by Gasteiger charge is -2.21. The molecule has 3 heterocycles. The van der Waals surface area contributed by atoms with Crippen molar-refractivity contribution in [2.75, 3.05) is 20.1 Å². The van der Waals surface area contributed by atoms with Crippen molar-refractivity contribution >= 4 is 17.3 Å². The third kappa shape index (κ3) is 4.14. The highest BCUT2D eigenvalue weighted by molar-refractivity contribution is 7.09. The maximum absolute atomic E-state index is 4.61. The first-order valence-electron chi connectivity index (χ1n) is 8.54. The minimum absolute atomic E-state index is 0.665. The maximum atomic E-state index is 4.61. The van der Waals surface area contributed by atoms with Crippen molar-refractivity contribution in [3.8, 4) is 0 Å². The van der Waals surface area contributed by atoms with E-state index in [2.05, 4.69) is 43.8 Å². The molecule has 0 amide bonds. The lowest BCUT2D eigenvalue weighted by Crippen LogP contribution is -2.39. The van der Waals surface area contributed by atoms with Gasteiger partial charge in [-0.2, -0.15) is 5.10 Å². The Morgan fingerprint density at radius 2 is 2.38 bits per heavy atom. The molecule has 2 aromatic rings. The van der Waals surface area contributed by atoms with Crippen LogP contribution in [-0.2, 0) is 26.4 Å². The fourth-order valence-corrected chi connectivity index (χ4v) is 3.94. The van der Waals surface area contributed by atoms with Gasteiger partial charge in [0.15, 0.2) is 5.96 Å². The molecule has 0 radical (unpaired) electrons. The van der Waals surface area contributed by atoms with Gasteiger partial charge in [0, 0.05) is 38.8 Å². The van der Waals surface area contributed by atoms with Crippen LogP contribution in [0.2, 0.25) is 0 Å². The molecule has 1 N–H and O–H groups in total. The van der Waals surface area contributed by atoms with Gasteiger partial charge in [-0.3, -0.25) is 9.67 Å². The lowest BCUT2D eigenvalue weighted by molar-refractivity contribution is 0.459. The van der Waals surface area contributed by atoms with E-state index in [1.165, 1.54) is 17.0 Å². The molecule has 0 bridgehead atoms. The predicted molar refractivity (Wildman–Crippen MR) is 98.3 cm³/mol. The average Bonchev–Trinajstić information content (AvgIpc) is 3.30. The summed E-state index contributed by atoms with van der Waals surface area (Å²) in [6.07, 6.45) is 7.38. The number of hydrogen-bond donors (Lipinski definition) is 1. The van der Waals surface area contributed by atoms with E-state index in [0.29, 0.717) is 5.92 Å². The Balaban J connectivity index is 1.51. The van der Waals surface area contributed by atoms with E-state index < -0.39 is 0 Å². The highest BCUT2D eigenvalue weighted by atomic mass is 32.1. The molecule has 0 aromatic carbocycles. The summed E-state index contributed by atoms with van der Waals surface area (Å²) >= 11 is 1.73. The van der Waals surface area contributed by atoms with Crippen molar-refractivity contribution in [3.63, 3.8) is 0 Å². The lowest BCUT2D eigenvalue weighted by atomic mass is 10.0. The molecule has 1 saturated heterocycles. The predicted octanol–water partition coefficient (Wildman–Crippen LogP) is 2.08. The zero-order chi connectivity index (χ0) is 16.9. The van der Waals surface area contributed by atoms with Crippen LogP contribution in [-0.4, -0.2) is 45.8 Å². The van der Waals surface area contributed by atoms with E-state index in [9.17, 15) is 0 Å². The zero-order valence-corrected chi connectivity index (χ0v) is 15.5. The van der Waals surface area contributed by atoms with Gasteiger partial charge in [-0.1, -0.05) is 6.92 Å². The molecule has 0 spiro atoms. The summed E-state index contributed by atoms with van der Waals surface area (Å²) in [7, 11) is 3.83. The molecule has 0 aliphatic carbocycles. The standard InChI is InChI=1S/C17H26N6S/c1-4-16-21-15(12-24-16)9-19-17(18-2)23-6-5-13(11-23)7-14-8-20-22(3)10-14/h8,10,12-13H,4-7,9,11H2,1-3H3,(H,18,19). The molecule has 1 atom stereocenters. The van der Waals surface area contributed by atoms with Crippen LogP contribution in [0.5, 0.6) is 0 Å².